The second kappa shape index (κ2) is 6.74. The molecule has 0 spiro atoms. The van der Waals surface area contributed by atoms with Gasteiger partial charge in [0.2, 0.25) is 10.0 Å². The molecule has 0 saturated carbocycles. The molecule has 134 valence electrons. The van der Waals surface area contributed by atoms with Gasteiger partial charge in [0.15, 0.2) is 0 Å². The number of rotatable bonds is 3. The van der Waals surface area contributed by atoms with Crippen LogP contribution in [0.2, 0.25) is 0 Å². The van der Waals surface area contributed by atoms with Gasteiger partial charge in [-0.25, -0.2) is 12.8 Å². The van der Waals surface area contributed by atoms with Gasteiger partial charge < -0.3 is 0 Å². The number of fused-ring (bicyclic) bond motifs is 1. The number of aromatic nitrogens is 2. The van der Waals surface area contributed by atoms with Gasteiger partial charge in [0.05, 0.1) is 15.9 Å². The van der Waals surface area contributed by atoms with Crippen LogP contribution in [0.3, 0.4) is 0 Å². The third-order valence-corrected chi connectivity index (χ3v) is 6.55. The van der Waals surface area contributed by atoms with E-state index < -0.39 is 16.2 Å². The smallest absolute Gasteiger partial charge is 0.243 e. The number of hydrogen-bond donors (Lipinski definition) is 0. The molecule has 2 heterocycles. The van der Waals surface area contributed by atoms with Crippen LogP contribution in [-0.2, 0) is 10.0 Å². The van der Waals surface area contributed by atoms with Crippen LogP contribution < -0.4 is 0 Å². The fourth-order valence-electron chi connectivity index (χ4n) is 3.19. The molecule has 0 amide bonds. The minimum absolute atomic E-state index is 0.222. The summed E-state index contributed by atoms with van der Waals surface area (Å²) in [6, 6.07) is 12.5. The lowest BCUT2D eigenvalue weighted by Crippen LogP contribution is -2.38. The van der Waals surface area contributed by atoms with Crippen molar-refractivity contribution in [2.45, 2.75) is 23.9 Å². The van der Waals surface area contributed by atoms with Gasteiger partial charge in [-0.1, -0.05) is 18.2 Å². The lowest BCUT2D eigenvalue weighted by molar-refractivity contribution is 0.210. The molecule has 5 nitrogen and oxygen atoms in total. The maximum Gasteiger partial charge on any atom is 0.243 e. The fraction of sp³-hybridized carbons (Fsp3) is 0.263. The average molecular weight is 371 g/mol. The standard InChI is InChI=1S/C19H18FN3O2S/c20-16-6-10-23(11-7-16)26(24,25)17-3-1-2-14(12-17)15-4-5-18-19(13-15)22-9-8-21-18/h1-5,8-9,12-13,16H,6-7,10-11H2. The van der Waals surface area contributed by atoms with E-state index in [2.05, 4.69) is 9.97 Å². The van der Waals surface area contributed by atoms with Crippen LogP contribution in [0.25, 0.3) is 22.2 Å². The van der Waals surface area contributed by atoms with Gasteiger partial charge >= 0.3 is 0 Å². The number of piperidine rings is 1. The normalized spacial score (nSPS) is 16.8. The molecule has 1 aromatic heterocycles. The summed E-state index contributed by atoms with van der Waals surface area (Å²) in [4.78, 5) is 8.77. The Hall–Kier alpha value is -2.38. The first-order valence-corrected chi connectivity index (χ1v) is 9.93. The molecule has 26 heavy (non-hydrogen) atoms. The maximum atomic E-state index is 13.3. The van der Waals surface area contributed by atoms with Crippen LogP contribution in [-0.4, -0.2) is 42.0 Å². The zero-order valence-electron chi connectivity index (χ0n) is 14.0. The highest BCUT2D eigenvalue weighted by molar-refractivity contribution is 7.89. The second-order valence-electron chi connectivity index (χ2n) is 6.37. The molecule has 1 fully saturated rings. The van der Waals surface area contributed by atoms with Gasteiger partial charge in [0.1, 0.15) is 6.17 Å². The second-order valence-corrected chi connectivity index (χ2v) is 8.30. The molecule has 0 unspecified atom stereocenters. The SMILES string of the molecule is O=S(=O)(c1cccc(-c2ccc3nccnc3c2)c1)N1CCC(F)CC1. The molecule has 1 aliphatic rings. The molecule has 4 rings (SSSR count). The van der Waals surface area contributed by atoms with Crippen molar-refractivity contribution in [3.8, 4) is 11.1 Å². The highest BCUT2D eigenvalue weighted by Gasteiger charge is 2.29. The zero-order chi connectivity index (χ0) is 18.1. The molecular formula is C19H18FN3O2S. The van der Waals surface area contributed by atoms with Crippen molar-refractivity contribution < 1.29 is 12.8 Å². The van der Waals surface area contributed by atoms with Gasteiger partial charge in [0, 0.05) is 25.5 Å². The van der Waals surface area contributed by atoms with Crippen LogP contribution in [0.4, 0.5) is 4.39 Å². The van der Waals surface area contributed by atoms with Gasteiger partial charge in [-0.15, -0.1) is 0 Å². The van der Waals surface area contributed by atoms with Crippen molar-refractivity contribution in [1.82, 2.24) is 14.3 Å². The van der Waals surface area contributed by atoms with Gasteiger partial charge in [-0.05, 0) is 48.2 Å². The van der Waals surface area contributed by atoms with Crippen LogP contribution in [0.15, 0.2) is 59.8 Å². The molecule has 0 N–H and O–H groups in total. The summed E-state index contributed by atoms with van der Waals surface area (Å²) in [5.74, 6) is 0. The van der Waals surface area contributed by atoms with Crippen molar-refractivity contribution in [2.75, 3.05) is 13.1 Å². The molecule has 7 heteroatoms. The molecular weight excluding hydrogens is 353 g/mol. The predicted molar refractivity (Wildman–Crippen MR) is 97.9 cm³/mol. The van der Waals surface area contributed by atoms with E-state index in [-0.39, 0.29) is 30.8 Å². The highest BCUT2D eigenvalue weighted by Crippen LogP contribution is 2.27. The molecule has 0 bridgehead atoms. The average Bonchev–Trinajstić information content (AvgIpc) is 2.68. The van der Waals surface area contributed by atoms with E-state index >= 15 is 0 Å². The third kappa shape index (κ3) is 3.20. The summed E-state index contributed by atoms with van der Waals surface area (Å²) < 4.78 is 40.4. The lowest BCUT2D eigenvalue weighted by Gasteiger charge is -2.27. The Kier molecular flexibility index (Phi) is 4.42. The number of sulfonamides is 1. The Morgan fingerprint density at radius 2 is 1.62 bits per heavy atom. The fourth-order valence-corrected chi connectivity index (χ4v) is 4.71. The van der Waals surface area contributed by atoms with E-state index in [4.69, 9.17) is 0 Å². The number of nitrogens with zero attached hydrogens (tertiary/aromatic N) is 3. The van der Waals surface area contributed by atoms with E-state index in [1.807, 2.05) is 24.3 Å². The summed E-state index contributed by atoms with van der Waals surface area (Å²) in [7, 11) is -3.62. The molecule has 1 aliphatic heterocycles. The third-order valence-electron chi connectivity index (χ3n) is 4.66. The van der Waals surface area contributed by atoms with Gasteiger partial charge in [-0.3, -0.25) is 9.97 Å². The Bertz CT molecular complexity index is 1050. The van der Waals surface area contributed by atoms with E-state index in [0.717, 1.165) is 22.2 Å². The van der Waals surface area contributed by atoms with Crippen molar-refractivity contribution in [2.24, 2.45) is 0 Å². The van der Waals surface area contributed by atoms with Crippen LogP contribution in [0.1, 0.15) is 12.8 Å². The maximum absolute atomic E-state index is 13.3. The largest absolute Gasteiger partial charge is 0.253 e. The van der Waals surface area contributed by atoms with Crippen LogP contribution in [0.5, 0.6) is 0 Å². The Labute approximate surface area is 151 Å². The Morgan fingerprint density at radius 1 is 0.923 bits per heavy atom. The number of alkyl halides is 1. The van der Waals surface area contributed by atoms with E-state index in [0.29, 0.717) is 0 Å². The van der Waals surface area contributed by atoms with Crippen LogP contribution in [0, 0.1) is 0 Å². The summed E-state index contributed by atoms with van der Waals surface area (Å²) in [5.41, 5.74) is 3.20. The Balaban J connectivity index is 1.69. The lowest BCUT2D eigenvalue weighted by atomic mass is 10.1. The molecule has 0 radical (unpaired) electrons. The van der Waals surface area contributed by atoms with E-state index in [9.17, 15) is 12.8 Å². The Morgan fingerprint density at radius 3 is 2.38 bits per heavy atom. The van der Waals surface area contributed by atoms with Gasteiger partial charge in [0.25, 0.3) is 0 Å². The molecule has 0 aliphatic carbocycles. The molecule has 1 saturated heterocycles. The first-order valence-electron chi connectivity index (χ1n) is 8.49. The number of halogens is 1. The first kappa shape index (κ1) is 17.1. The highest BCUT2D eigenvalue weighted by atomic mass is 32.2. The molecule has 2 aromatic carbocycles. The predicted octanol–water partition coefficient (Wildman–Crippen LogP) is 3.42. The monoisotopic (exact) mass is 371 g/mol. The summed E-state index contributed by atoms with van der Waals surface area (Å²) in [6.45, 7) is 0.443. The topological polar surface area (TPSA) is 63.2 Å². The molecule has 0 atom stereocenters. The number of hydrogen-bond acceptors (Lipinski definition) is 4. The number of benzene rings is 2. The zero-order valence-corrected chi connectivity index (χ0v) is 14.9. The quantitative estimate of drug-likeness (QED) is 0.708. The molecule has 3 aromatic rings. The van der Waals surface area contributed by atoms with Crippen LogP contribution >= 0.6 is 0 Å². The summed E-state index contributed by atoms with van der Waals surface area (Å²) >= 11 is 0. The van der Waals surface area contributed by atoms with Crippen molar-refractivity contribution in [3.63, 3.8) is 0 Å². The van der Waals surface area contributed by atoms with Gasteiger partial charge in [-0.2, -0.15) is 4.31 Å². The van der Waals surface area contributed by atoms with E-state index in [1.165, 1.54) is 4.31 Å². The first-order chi connectivity index (χ1) is 12.5. The summed E-state index contributed by atoms with van der Waals surface area (Å²) in [5, 5.41) is 0. The minimum atomic E-state index is -3.62. The van der Waals surface area contributed by atoms with Crippen molar-refractivity contribution >= 4 is 21.1 Å². The van der Waals surface area contributed by atoms with Crippen molar-refractivity contribution in [3.05, 3.63) is 54.9 Å². The van der Waals surface area contributed by atoms with E-state index in [1.54, 1.807) is 30.6 Å². The minimum Gasteiger partial charge on any atom is -0.253 e. The summed E-state index contributed by atoms with van der Waals surface area (Å²) in [6.07, 6.45) is 2.86. The van der Waals surface area contributed by atoms with Crippen molar-refractivity contribution in [1.29, 1.82) is 0 Å².